The molecule has 6 aromatic rings. The van der Waals surface area contributed by atoms with Gasteiger partial charge in [-0.15, -0.1) is 0 Å². The Bertz CT molecular complexity index is 1800. The van der Waals surface area contributed by atoms with Crippen LogP contribution >= 0.6 is 11.6 Å². The standard InChI is InChI=1S/C28H17ClFN5O/c29-20-12-22-23(13-21(20)30)34-27(33-22)19-7-3-6-18-24(19)14-4-1-2-5-15(14)25(18)35-28(36)17-9-11-32-26-16(17)8-10-31-26/h1-13,25H,(H,31,32)(H,33,34)(H,35,36)/t25-/m1/s1. The van der Waals surface area contributed by atoms with E-state index >= 15 is 0 Å². The monoisotopic (exact) mass is 493 g/mol. The summed E-state index contributed by atoms with van der Waals surface area (Å²) >= 11 is 5.98. The second-order valence-electron chi connectivity index (χ2n) is 8.73. The van der Waals surface area contributed by atoms with Gasteiger partial charge in [0.1, 0.15) is 17.3 Å². The lowest BCUT2D eigenvalue weighted by Crippen LogP contribution is -2.28. The summed E-state index contributed by atoms with van der Waals surface area (Å²) in [7, 11) is 0. The number of nitrogens with zero attached hydrogens (tertiary/aromatic N) is 2. The average molecular weight is 494 g/mol. The van der Waals surface area contributed by atoms with E-state index < -0.39 is 5.82 Å². The SMILES string of the molecule is O=C(N[C@@H]1c2ccccc2-c2c(-c3nc4cc(Cl)c(F)cc4[nH]3)cccc21)c1ccnc2[nH]ccc12. The molecule has 174 valence electrons. The van der Waals surface area contributed by atoms with Gasteiger partial charge in [0, 0.05) is 29.4 Å². The summed E-state index contributed by atoms with van der Waals surface area (Å²) in [5.41, 5.74) is 7.18. The zero-order valence-electron chi connectivity index (χ0n) is 18.6. The van der Waals surface area contributed by atoms with Crippen LogP contribution in [0.25, 0.3) is 44.6 Å². The van der Waals surface area contributed by atoms with Crippen molar-refractivity contribution in [2.75, 3.05) is 0 Å². The van der Waals surface area contributed by atoms with Crippen molar-refractivity contribution in [3.8, 4) is 22.5 Å². The Kier molecular flexibility index (Phi) is 4.49. The van der Waals surface area contributed by atoms with Crippen molar-refractivity contribution >= 4 is 39.6 Å². The summed E-state index contributed by atoms with van der Waals surface area (Å²) in [6, 6.07) is 20.0. The minimum Gasteiger partial charge on any atom is -0.346 e. The summed E-state index contributed by atoms with van der Waals surface area (Å²) in [4.78, 5) is 28.7. The maximum Gasteiger partial charge on any atom is 0.252 e. The first-order valence-corrected chi connectivity index (χ1v) is 11.8. The lowest BCUT2D eigenvalue weighted by Gasteiger charge is -2.16. The van der Waals surface area contributed by atoms with Gasteiger partial charge in [-0.1, -0.05) is 54.1 Å². The average Bonchev–Trinajstić information content (AvgIpc) is 3.60. The zero-order chi connectivity index (χ0) is 24.4. The number of fused-ring (bicyclic) bond motifs is 5. The molecule has 0 unspecified atom stereocenters. The minimum atomic E-state index is -0.501. The number of H-pyrrole nitrogens is 2. The van der Waals surface area contributed by atoms with Crippen LogP contribution in [-0.4, -0.2) is 25.8 Å². The number of halogens is 2. The largest absolute Gasteiger partial charge is 0.346 e. The van der Waals surface area contributed by atoms with Crippen LogP contribution < -0.4 is 5.32 Å². The smallest absolute Gasteiger partial charge is 0.252 e. The maximum atomic E-state index is 14.0. The fourth-order valence-electron chi connectivity index (χ4n) is 5.11. The number of carbonyl (C=O) groups excluding carboxylic acids is 1. The van der Waals surface area contributed by atoms with Gasteiger partial charge < -0.3 is 15.3 Å². The number of aromatic nitrogens is 4. The van der Waals surface area contributed by atoms with Gasteiger partial charge >= 0.3 is 0 Å². The van der Waals surface area contributed by atoms with Crippen molar-refractivity contribution in [3.05, 3.63) is 107 Å². The van der Waals surface area contributed by atoms with E-state index in [4.69, 9.17) is 16.6 Å². The van der Waals surface area contributed by atoms with Crippen LogP contribution in [-0.2, 0) is 0 Å². The topological polar surface area (TPSA) is 86.5 Å². The number of hydrogen-bond acceptors (Lipinski definition) is 3. The highest BCUT2D eigenvalue weighted by atomic mass is 35.5. The Balaban J connectivity index is 1.36. The molecule has 1 atom stereocenters. The highest BCUT2D eigenvalue weighted by Gasteiger charge is 2.32. The molecular weight excluding hydrogens is 477 g/mol. The number of pyridine rings is 1. The van der Waals surface area contributed by atoms with E-state index in [1.807, 2.05) is 48.5 Å². The lowest BCUT2D eigenvalue weighted by molar-refractivity contribution is 0.0945. The third kappa shape index (κ3) is 3.06. The van der Waals surface area contributed by atoms with Crippen LogP contribution in [0.3, 0.4) is 0 Å². The third-order valence-corrected chi connectivity index (χ3v) is 7.00. The van der Waals surface area contributed by atoms with Crippen LogP contribution in [0.1, 0.15) is 27.5 Å². The van der Waals surface area contributed by atoms with E-state index in [1.165, 1.54) is 12.1 Å². The van der Waals surface area contributed by atoms with E-state index in [-0.39, 0.29) is 17.0 Å². The molecule has 0 saturated carbocycles. The predicted octanol–water partition coefficient (Wildman–Crippen LogP) is 6.40. The summed E-state index contributed by atoms with van der Waals surface area (Å²) in [6.07, 6.45) is 3.40. The highest BCUT2D eigenvalue weighted by Crippen LogP contribution is 2.47. The number of amides is 1. The van der Waals surface area contributed by atoms with Crippen molar-refractivity contribution in [3.63, 3.8) is 0 Å². The fourth-order valence-corrected chi connectivity index (χ4v) is 5.27. The van der Waals surface area contributed by atoms with Gasteiger partial charge in [0.05, 0.1) is 27.7 Å². The molecule has 8 heteroatoms. The van der Waals surface area contributed by atoms with Gasteiger partial charge in [0.2, 0.25) is 0 Å². The second kappa shape index (κ2) is 7.76. The number of benzene rings is 3. The van der Waals surface area contributed by atoms with E-state index in [2.05, 4.69) is 20.3 Å². The zero-order valence-corrected chi connectivity index (χ0v) is 19.4. The molecule has 1 aliphatic carbocycles. The van der Waals surface area contributed by atoms with Gasteiger partial charge in [0.15, 0.2) is 0 Å². The Morgan fingerprint density at radius 1 is 1.00 bits per heavy atom. The number of aromatic amines is 2. The molecular formula is C28H17ClFN5O. The molecule has 0 saturated heterocycles. The van der Waals surface area contributed by atoms with E-state index in [9.17, 15) is 9.18 Å². The van der Waals surface area contributed by atoms with Crippen LogP contribution in [0.15, 0.2) is 79.1 Å². The maximum absolute atomic E-state index is 14.0. The Labute approximate surface area is 209 Å². The normalized spacial score (nSPS) is 14.2. The Morgan fingerprint density at radius 2 is 1.83 bits per heavy atom. The molecule has 0 radical (unpaired) electrons. The number of nitrogens with one attached hydrogen (secondary N) is 3. The summed E-state index contributed by atoms with van der Waals surface area (Å²) in [5, 5.41) is 4.03. The molecule has 3 heterocycles. The van der Waals surface area contributed by atoms with Gasteiger partial charge in [0.25, 0.3) is 5.91 Å². The molecule has 0 aliphatic heterocycles. The molecule has 0 spiro atoms. The number of hydrogen-bond donors (Lipinski definition) is 3. The molecule has 36 heavy (non-hydrogen) atoms. The molecule has 7 rings (SSSR count). The summed E-state index contributed by atoms with van der Waals surface area (Å²) in [6.45, 7) is 0. The first-order valence-electron chi connectivity index (χ1n) is 11.4. The second-order valence-corrected chi connectivity index (χ2v) is 9.14. The third-order valence-electron chi connectivity index (χ3n) is 6.71. The predicted molar refractivity (Wildman–Crippen MR) is 137 cm³/mol. The van der Waals surface area contributed by atoms with Gasteiger partial charge in [-0.25, -0.2) is 14.4 Å². The molecule has 6 nitrogen and oxygen atoms in total. The van der Waals surface area contributed by atoms with Crippen LogP contribution in [0.2, 0.25) is 5.02 Å². The van der Waals surface area contributed by atoms with Gasteiger partial charge in [-0.05, 0) is 40.5 Å². The first kappa shape index (κ1) is 20.8. The Morgan fingerprint density at radius 3 is 2.75 bits per heavy atom. The van der Waals surface area contributed by atoms with Crippen LogP contribution in [0.5, 0.6) is 0 Å². The molecule has 3 aromatic heterocycles. The summed E-state index contributed by atoms with van der Waals surface area (Å²) in [5.74, 6) is -0.0826. The van der Waals surface area contributed by atoms with E-state index in [0.29, 0.717) is 28.1 Å². The number of imidazole rings is 1. The van der Waals surface area contributed by atoms with Crippen molar-refractivity contribution in [2.45, 2.75) is 6.04 Å². The number of carbonyl (C=O) groups is 1. The van der Waals surface area contributed by atoms with Gasteiger partial charge in [-0.2, -0.15) is 0 Å². The van der Waals surface area contributed by atoms with Crippen LogP contribution in [0, 0.1) is 5.82 Å². The van der Waals surface area contributed by atoms with Crippen molar-refractivity contribution in [2.24, 2.45) is 0 Å². The highest BCUT2D eigenvalue weighted by molar-refractivity contribution is 6.31. The fraction of sp³-hybridized carbons (Fsp3) is 0.0357. The van der Waals surface area contributed by atoms with Gasteiger partial charge in [-0.3, -0.25) is 4.79 Å². The van der Waals surface area contributed by atoms with Crippen LogP contribution in [0.4, 0.5) is 4.39 Å². The summed E-state index contributed by atoms with van der Waals surface area (Å²) < 4.78 is 14.0. The van der Waals surface area contributed by atoms with E-state index in [0.717, 1.165) is 33.2 Å². The van der Waals surface area contributed by atoms with Crippen molar-refractivity contribution < 1.29 is 9.18 Å². The Hall–Kier alpha value is -4.49. The quantitative estimate of drug-likeness (QED) is 0.266. The molecule has 3 N–H and O–H groups in total. The molecule has 1 aliphatic rings. The number of rotatable bonds is 3. The molecule has 0 bridgehead atoms. The molecule has 0 fully saturated rings. The van der Waals surface area contributed by atoms with Crippen molar-refractivity contribution in [1.82, 2.24) is 25.3 Å². The molecule has 3 aromatic carbocycles. The molecule has 1 amide bonds. The minimum absolute atomic E-state index is 0.0274. The first-order chi connectivity index (χ1) is 17.6. The van der Waals surface area contributed by atoms with E-state index in [1.54, 1.807) is 18.5 Å². The lowest BCUT2D eigenvalue weighted by atomic mass is 9.98. The van der Waals surface area contributed by atoms with Crippen molar-refractivity contribution in [1.29, 1.82) is 0 Å².